The van der Waals surface area contributed by atoms with Crippen molar-refractivity contribution < 1.29 is 19.3 Å². The van der Waals surface area contributed by atoms with Crippen molar-refractivity contribution in [3.63, 3.8) is 0 Å². The van der Waals surface area contributed by atoms with Gasteiger partial charge >= 0.3 is 0 Å². The zero-order chi connectivity index (χ0) is 20.1. The minimum Gasteiger partial charge on any atom is -0.345 e. The summed E-state index contributed by atoms with van der Waals surface area (Å²) in [5, 5.41) is 4.82. The standard InChI is InChI=1S/C19H20Cl2FN3O2/c1-11(14-8-17(22)16(21)9-15(14)20)23-10-18(26)24-13-6-4-12(5-7-13)19(27)25(2)3/h4-9,11,23H,10H2,1-3H3,(H,24,26)/p+1/t11-/m1/s1. The lowest BCUT2D eigenvalue weighted by molar-refractivity contribution is -0.682. The Morgan fingerprint density at radius 2 is 1.78 bits per heavy atom. The van der Waals surface area contributed by atoms with E-state index >= 15 is 0 Å². The fraction of sp³-hybridized carbons (Fsp3) is 0.263. The van der Waals surface area contributed by atoms with Gasteiger partial charge in [0.15, 0.2) is 6.54 Å². The Morgan fingerprint density at radius 3 is 2.37 bits per heavy atom. The topological polar surface area (TPSA) is 66.0 Å². The van der Waals surface area contributed by atoms with Gasteiger partial charge in [0.05, 0.1) is 10.0 Å². The highest BCUT2D eigenvalue weighted by Crippen LogP contribution is 2.27. The highest BCUT2D eigenvalue weighted by molar-refractivity contribution is 6.35. The Kier molecular flexibility index (Phi) is 7.18. The minimum absolute atomic E-state index is 0.0371. The Labute approximate surface area is 167 Å². The van der Waals surface area contributed by atoms with Crippen LogP contribution in [0.3, 0.4) is 0 Å². The molecule has 0 spiro atoms. The smallest absolute Gasteiger partial charge is 0.279 e. The Hall–Kier alpha value is -2.15. The van der Waals surface area contributed by atoms with Crippen LogP contribution in [-0.4, -0.2) is 37.4 Å². The second-order valence-corrected chi connectivity index (χ2v) is 7.16. The first-order valence-corrected chi connectivity index (χ1v) is 9.04. The van der Waals surface area contributed by atoms with Crippen LogP contribution in [-0.2, 0) is 4.79 Å². The van der Waals surface area contributed by atoms with E-state index in [0.29, 0.717) is 21.8 Å². The molecular weight excluding hydrogens is 392 g/mol. The first-order chi connectivity index (χ1) is 12.7. The lowest BCUT2D eigenvalue weighted by atomic mass is 10.1. The van der Waals surface area contributed by atoms with Gasteiger partial charge in [-0.25, -0.2) is 4.39 Å². The monoisotopic (exact) mass is 412 g/mol. The number of nitrogens with one attached hydrogen (secondary N) is 1. The lowest BCUT2D eigenvalue weighted by Crippen LogP contribution is -2.86. The second-order valence-electron chi connectivity index (χ2n) is 6.34. The van der Waals surface area contributed by atoms with Gasteiger partial charge < -0.3 is 15.5 Å². The van der Waals surface area contributed by atoms with Crippen molar-refractivity contribution in [2.75, 3.05) is 26.0 Å². The maximum atomic E-state index is 13.6. The van der Waals surface area contributed by atoms with Crippen LogP contribution >= 0.6 is 23.2 Å². The maximum Gasteiger partial charge on any atom is 0.279 e. The fourth-order valence-corrected chi connectivity index (χ4v) is 3.02. The van der Waals surface area contributed by atoms with Crippen molar-refractivity contribution in [2.45, 2.75) is 13.0 Å². The molecule has 0 aliphatic carbocycles. The number of nitrogens with zero attached hydrogens (tertiary/aromatic N) is 1. The quantitative estimate of drug-likeness (QED) is 0.715. The molecule has 0 saturated heterocycles. The van der Waals surface area contributed by atoms with Crippen LogP contribution < -0.4 is 10.6 Å². The van der Waals surface area contributed by atoms with E-state index in [2.05, 4.69) is 5.32 Å². The molecule has 5 nitrogen and oxygen atoms in total. The Morgan fingerprint density at radius 1 is 1.15 bits per heavy atom. The van der Waals surface area contributed by atoms with Crippen LogP contribution in [0.25, 0.3) is 0 Å². The molecule has 3 N–H and O–H groups in total. The number of nitrogens with two attached hydrogens (primary N) is 1. The first kappa shape index (κ1) is 21.2. The van der Waals surface area contributed by atoms with Crippen molar-refractivity contribution in [3.8, 4) is 0 Å². The van der Waals surface area contributed by atoms with Gasteiger partial charge in [-0.2, -0.15) is 0 Å². The molecule has 0 aliphatic heterocycles. The van der Waals surface area contributed by atoms with Gasteiger partial charge in [0, 0.05) is 30.9 Å². The highest BCUT2D eigenvalue weighted by Gasteiger charge is 2.17. The van der Waals surface area contributed by atoms with Crippen molar-refractivity contribution in [1.82, 2.24) is 4.90 Å². The molecule has 0 heterocycles. The third-order valence-corrected chi connectivity index (χ3v) is 4.63. The van der Waals surface area contributed by atoms with E-state index in [1.165, 1.54) is 17.0 Å². The maximum absolute atomic E-state index is 13.6. The number of quaternary nitrogens is 1. The van der Waals surface area contributed by atoms with Crippen molar-refractivity contribution in [3.05, 3.63) is 63.4 Å². The van der Waals surface area contributed by atoms with Gasteiger partial charge in [-0.05, 0) is 43.3 Å². The normalized spacial score (nSPS) is 11.8. The van der Waals surface area contributed by atoms with Gasteiger partial charge in [-0.3, -0.25) is 9.59 Å². The number of rotatable bonds is 6. The zero-order valence-corrected chi connectivity index (χ0v) is 16.7. The van der Waals surface area contributed by atoms with Crippen LogP contribution in [0.15, 0.2) is 36.4 Å². The molecule has 2 aromatic carbocycles. The van der Waals surface area contributed by atoms with E-state index in [0.717, 1.165) is 0 Å². The number of hydrogen-bond acceptors (Lipinski definition) is 2. The molecule has 0 aromatic heterocycles. The molecule has 144 valence electrons. The lowest BCUT2D eigenvalue weighted by Gasteiger charge is -2.14. The number of carbonyl (C=O) groups is 2. The Balaban J connectivity index is 1.92. The summed E-state index contributed by atoms with van der Waals surface area (Å²) in [7, 11) is 3.35. The average Bonchev–Trinajstić information content (AvgIpc) is 2.62. The predicted octanol–water partition coefficient (Wildman–Crippen LogP) is 3.10. The number of carbonyl (C=O) groups excluding carboxylic acids is 2. The van der Waals surface area contributed by atoms with Gasteiger partial charge in [0.2, 0.25) is 0 Å². The molecule has 27 heavy (non-hydrogen) atoms. The molecule has 2 rings (SSSR count). The summed E-state index contributed by atoms with van der Waals surface area (Å²) in [6, 6.07) is 9.06. The molecule has 0 radical (unpaired) electrons. The van der Waals surface area contributed by atoms with Gasteiger partial charge in [-0.15, -0.1) is 0 Å². The molecule has 2 amide bonds. The molecule has 0 unspecified atom stereocenters. The highest BCUT2D eigenvalue weighted by atomic mass is 35.5. The van der Waals surface area contributed by atoms with Gasteiger partial charge in [-0.1, -0.05) is 23.2 Å². The summed E-state index contributed by atoms with van der Waals surface area (Å²) in [6.07, 6.45) is 0. The number of benzene rings is 2. The molecule has 0 bridgehead atoms. The summed E-state index contributed by atoms with van der Waals surface area (Å²) < 4.78 is 13.6. The summed E-state index contributed by atoms with van der Waals surface area (Å²) in [6.45, 7) is 1.95. The molecular formula is C19H21Cl2FN3O2+. The van der Waals surface area contributed by atoms with Crippen LogP contribution in [0.1, 0.15) is 28.9 Å². The van der Waals surface area contributed by atoms with Crippen molar-refractivity contribution >= 4 is 40.7 Å². The second kappa shape index (κ2) is 9.17. The minimum atomic E-state index is -0.548. The summed E-state index contributed by atoms with van der Waals surface area (Å²) in [4.78, 5) is 25.5. The van der Waals surface area contributed by atoms with Gasteiger partial charge in [0.1, 0.15) is 11.9 Å². The van der Waals surface area contributed by atoms with E-state index in [-0.39, 0.29) is 29.4 Å². The van der Waals surface area contributed by atoms with E-state index in [1.54, 1.807) is 43.7 Å². The summed E-state index contributed by atoms with van der Waals surface area (Å²) in [5.74, 6) is -0.880. The first-order valence-electron chi connectivity index (χ1n) is 8.28. The largest absolute Gasteiger partial charge is 0.345 e. The van der Waals surface area contributed by atoms with Gasteiger partial charge in [0.25, 0.3) is 11.8 Å². The van der Waals surface area contributed by atoms with E-state index in [9.17, 15) is 14.0 Å². The van der Waals surface area contributed by atoms with Crippen LogP contribution in [0.5, 0.6) is 0 Å². The third-order valence-electron chi connectivity index (χ3n) is 4.01. The fourth-order valence-electron chi connectivity index (χ4n) is 2.46. The average molecular weight is 413 g/mol. The Bertz CT molecular complexity index is 842. The predicted molar refractivity (Wildman–Crippen MR) is 105 cm³/mol. The number of amides is 2. The van der Waals surface area contributed by atoms with E-state index in [4.69, 9.17) is 23.2 Å². The van der Waals surface area contributed by atoms with Crippen molar-refractivity contribution in [1.29, 1.82) is 0 Å². The molecule has 0 saturated carbocycles. The van der Waals surface area contributed by atoms with Crippen LogP contribution in [0.2, 0.25) is 10.0 Å². The van der Waals surface area contributed by atoms with Crippen LogP contribution in [0.4, 0.5) is 10.1 Å². The molecule has 2 aromatic rings. The zero-order valence-electron chi connectivity index (χ0n) is 15.2. The van der Waals surface area contributed by atoms with E-state index < -0.39 is 5.82 Å². The summed E-state index contributed by atoms with van der Waals surface area (Å²) >= 11 is 11.8. The summed E-state index contributed by atoms with van der Waals surface area (Å²) in [5.41, 5.74) is 1.70. The van der Waals surface area contributed by atoms with E-state index in [1.807, 2.05) is 6.92 Å². The molecule has 0 aliphatic rings. The third kappa shape index (κ3) is 5.66. The van der Waals surface area contributed by atoms with Crippen molar-refractivity contribution in [2.24, 2.45) is 0 Å². The molecule has 8 heteroatoms. The number of hydrogen-bond donors (Lipinski definition) is 2. The SMILES string of the molecule is C[C@@H]([NH2+]CC(=O)Nc1ccc(C(=O)N(C)C)cc1)c1cc(F)c(Cl)cc1Cl. The number of anilines is 1. The number of halogens is 3. The molecule has 0 fully saturated rings. The van der Waals surface area contributed by atoms with Crippen LogP contribution in [0, 0.1) is 5.82 Å². The molecule has 1 atom stereocenters.